The van der Waals surface area contributed by atoms with Gasteiger partial charge in [-0.1, -0.05) is 18.2 Å². The van der Waals surface area contributed by atoms with Crippen LogP contribution in [-0.2, 0) is 11.2 Å². The third kappa shape index (κ3) is 6.42. The maximum atomic E-state index is 12.2. The summed E-state index contributed by atoms with van der Waals surface area (Å²) < 4.78 is 40.5. The van der Waals surface area contributed by atoms with Crippen LogP contribution in [0.3, 0.4) is 0 Å². The molecular formula is C13H16F3NO3. The first-order valence-electron chi connectivity index (χ1n) is 6.06. The number of hydrogen-bond donors (Lipinski definition) is 2. The van der Waals surface area contributed by atoms with E-state index in [2.05, 4.69) is 10.1 Å². The van der Waals surface area contributed by atoms with Crippen molar-refractivity contribution in [2.45, 2.75) is 32.2 Å². The summed E-state index contributed by atoms with van der Waals surface area (Å²) in [7, 11) is 0. The van der Waals surface area contributed by atoms with Crippen LogP contribution in [0.25, 0.3) is 0 Å². The average molecular weight is 291 g/mol. The molecular weight excluding hydrogens is 275 g/mol. The highest BCUT2D eigenvalue weighted by atomic mass is 19.4. The van der Waals surface area contributed by atoms with Crippen LogP contribution in [0.2, 0.25) is 0 Å². The summed E-state index contributed by atoms with van der Waals surface area (Å²) in [6.45, 7) is 1.63. The second-order valence-electron chi connectivity index (χ2n) is 4.31. The first-order valence-corrected chi connectivity index (χ1v) is 6.06. The number of amides is 1. The second kappa shape index (κ2) is 7.14. The monoisotopic (exact) mass is 291 g/mol. The lowest BCUT2D eigenvalue weighted by Gasteiger charge is -2.13. The molecule has 0 aliphatic heterocycles. The van der Waals surface area contributed by atoms with Gasteiger partial charge < -0.3 is 15.2 Å². The van der Waals surface area contributed by atoms with Gasteiger partial charge in [0.25, 0.3) is 0 Å². The maximum absolute atomic E-state index is 12.2. The highest BCUT2D eigenvalue weighted by Gasteiger charge is 2.31. The minimum Gasteiger partial charge on any atom is -0.406 e. The largest absolute Gasteiger partial charge is 0.573 e. The lowest BCUT2D eigenvalue weighted by atomic mass is 10.1. The Labute approximate surface area is 114 Å². The molecule has 0 fully saturated rings. The van der Waals surface area contributed by atoms with E-state index in [1.165, 1.54) is 25.1 Å². The summed E-state index contributed by atoms with van der Waals surface area (Å²) in [5.74, 6) is -0.643. The van der Waals surface area contributed by atoms with E-state index in [0.29, 0.717) is 5.56 Å². The molecule has 0 saturated heterocycles. The average Bonchev–Trinajstić information content (AvgIpc) is 2.33. The first-order chi connectivity index (χ1) is 9.28. The van der Waals surface area contributed by atoms with E-state index < -0.39 is 12.5 Å². The fraction of sp³-hybridized carbons (Fsp3) is 0.462. The molecule has 0 bridgehead atoms. The Morgan fingerprint density at radius 1 is 1.40 bits per heavy atom. The number of aryl methyl sites for hydroxylation is 1. The molecule has 2 N–H and O–H groups in total. The number of hydrogen-bond acceptors (Lipinski definition) is 3. The van der Waals surface area contributed by atoms with Crippen molar-refractivity contribution in [3.05, 3.63) is 29.8 Å². The molecule has 4 nitrogen and oxygen atoms in total. The summed E-state index contributed by atoms with van der Waals surface area (Å²) in [5.41, 5.74) is 0.303. The van der Waals surface area contributed by atoms with Gasteiger partial charge in [-0.25, -0.2) is 0 Å². The molecule has 1 aromatic carbocycles. The second-order valence-corrected chi connectivity index (χ2v) is 4.31. The molecule has 0 aliphatic carbocycles. The molecule has 0 spiro atoms. The highest BCUT2D eigenvalue weighted by molar-refractivity contribution is 5.76. The van der Waals surface area contributed by atoms with Gasteiger partial charge in [-0.05, 0) is 25.0 Å². The predicted molar refractivity (Wildman–Crippen MR) is 66.1 cm³/mol. The summed E-state index contributed by atoms with van der Waals surface area (Å²) in [4.78, 5) is 11.4. The van der Waals surface area contributed by atoms with E-state index in [4.69, 9.17) is 5.11 Å². The van der Waals surface area contributed by atoms with Gasteiger partial charge in [-0.15, -0.1) is 13.2 Å². The van der Waals surface area contributed by atoms with Crippen molar-refractivity contribution in [3.63, 3.8) is 0 Å². The molecule has 1 aromatic rings. The molecule has 112 valence electrons. The Kier molecular flexibility index (Phi) is 5.82. The zero-order chi connectivity index (χ0) is 15.2. The molecule has 1 amide bonds. The molecule has 0 aliphatic rings. The van der Waals surface area contributed by atoms with Crippen LogP contribution in [-0.4, -0.2) is 30.0 Å². The fourth-order valence-electron chi connectivity index (χ4n) is 1.53. The number of aliphatic hydroxyl groups is 1. The molecule has 1 rings (SSSR count). The van der Waals surface area contributed by atoms with Crippen molar-refractivity contribution >= 4 is 5.91 Å². The maximum Gasteiger partial charge on any atom is 0.573 e. The quantitative estimate of drug-likeness (QED) is 0.843. The van der Waals surface area contributed by atoms with Crippen molar-refractivity contribution < 1.29 is 27.8 Å². The number of carbonyl (C=O) groups is 1. The van der Waals surface area contributed by atoms with Crippen molar-refractivity contribution in [2.24, 2.45) is 0 Å². The van der Waals surface area contributed by atoms with Gasteiger partial charge in [0.2, 0.25) is 5.91 Å². The molecule has 1 unspecified atom stereocenters. The summed E-state index contributed by atoms with van der Waals surface area (Å²) in [6, 6.07) is 5.68. The third-order valence-electron chi connectivity index (χ3n) is 2.41. The van der Waals surface area contributed by atoms with Gasteiger partial charge in [-0.3, -0.25) is 4.79 Å². The fourth-order valence-corrected chi connectivity index (χ4v) is 1.53. The van der Waals surface area contributed by atoms with Crippen molar-refractivity contribution in [2.75, 3.05) is 6.54 Å². The normalized spacial score (nSPS) is 12.8. The molecule has 20 heavy (non-hydrogen) atoms. The number of aliphatic hydroxyl groups excluding tert-OH is 1. The molecule has 0 aromatic heterocycles. The Balaban J connectivity index is 2.57. The number of ether oxygens (including phenoxy) is 1. The Morgan fingerprint density at radius 3 is 2.65 bits per heavy atom. The zero-order valence-electron chi connectivity index (χ0n) is 10.9. The number of nitrogens with one attached hydrogen (secondary N) is 1. The smallest absolute Gasteiger partial charge is 0.406 e. The summed E-state index contributed by atoms with van der Waals surface area (Å²) >= 11 is 0. The molecule has 7 heteroatoms. The first kappa shape index (κ1) is 16.3. The Morgan fingerprint density at radius 2 is 2.05 bits per heavy atom. The van der Waals surface area contributed by atoms with E-state index in [9.17, 15) is 18.0 Å². The lowest BCUT2D eigenvalue weighted by Crippen LogP contribution is -2.30. The van der Waals surface area contributed by atoms with E-state index in [1.807, 2.05) is 0 Å². The van der Waals surface area contributed by atoms with Gasteiger partial charge in [0.15, 0.2) is 0 Å². The number of carbonyl (C=O) groups excluding carboxylic acids is 1. The van der Waals surface area contributed by atoms with Crippen molar-refractivity contribution in [1.82, 2.24) is 5.32 Å². The standard InChI is InChI=1S/C13H16F3NO3/c1-9(18)8-17-12(19)7-6-10-4-2-3-5-11(10)20-13(14,15)16/h2-5,9,18H,6-8H2,1H3,(H,17,19). The van der Waals surface area contributed by atoms with Crippen LogP contribution in [0.5, 0.6) is 5.75 Å². The van der Waals surface area contributed by atoms with E-state index in [-0.39, 0.29) is 31.0 Å². The van der Waals surface area contributed by atoms with Gasteiger partial charge in [-0.2, -0.15) is 0 Å². The van der Waals surface area contributed by atoms with Gasteiger partial charge in [0.1, 0.15) is 5.75 Å². The highest BCUT2D eigenvalue weighted by Crippen LogP contribution is 2.26. The number of para-hydroxylation sites is 1. The molecule has 1 atom stereocenters. The Hall–Kier alpha value is -1.76. The van der Waals surface area contributed by atoms with Gasteiger partial charge in [0, 0.05) is 13.0 Å². The van der Waals surface area contributed by atoms with Crippen LogP contribution in [0, 0.1) is 0 Å². The van der Waals surface area contributed by atoms with Crippen LogP contribution in [0.1, 0.15) is 18.9 Å². The Bertz CT molecular complexity index is 447. The van der Waals surface area contributed by atoms with Crippen LogP contribution in [0.15, 0.2) is 24.3 Å². The summed E-state index contributed by atoms with van der Waals surface area (Å²) in [6.07, 6.45) is -5.28. The topological polar surface area (TPSA) is 58.6 Å². The number of halogens is 3. The minimum atomic E-state index is -4.76. The molecule has 0 heterocycles. The lowest BCUT2D eigenvalue weighted by molar-refractivity contribution is -0.274. The third-order valence-corrected chi connectivity index (χ3v) is 2.41. The molecule has 0 radical (unpaired) electrons. The van der Waals surface area contributed by atoms with Gasteiger partial charge >= 0.3 is 6.36 Å². The van der Waals surface area contributed by atoms with Crippen molar-refractivity contribution in [3.8, 4) is 5.75 Å². The number of rotatable bonds is 6. The zero-order valence-corrected chi connectivity index (χ0v) is 10.9. The van der Waals surface area contributed by atoms with Crippen LogP contribution >= 0.6 is 0 Å². The van der Waals surface area contributed by atoms with E-state index >= 15 is 0 Å². The minimum absolute atomic E-state index is 0.0188. The van der Waals surface area contributed by atoms with Crippen LogP contribution < -0.4 is 10.1 Å². The number of alkyl halides is 3. The van der Waals surface area contributed by atoms with Gasteiger partial charge in [0.05, 0.1) is 6.10 Å². The van der Waals surface area contributed by atoms with E-state index in [1.54, 1.807) is 6.07 Å². The molecule has 0 saturated carbocycles. The number of benzene rings is 1. The SMILES string of the molecule is CC(O)CNC(=O)CCc1ccccc1OC(F)(F)F. The summed E-state index contributed by atoms with van der Waals surface area (Å²) in [5, 5.41) is 11.5. The predicted octanol–water partition coefficient (Wildman–Crippen LogP) is 2.01. The van der Waals surface area contributed by atoms with Crippen molar-refractivity contribution in [1.29, 1.82) is 0 Å². The van der Waals surface area contributed by atoms with Crippen LogP contribution in [0.4, 0.5) is 13.2 Å². The van der Waals surface area contributed by atoms with E-state index in [0.717, 1.165) is 0 Å².